The van der Waals surface area contributed by atoms with Gasteiger partial charge in [-0.2, -0.15) is 14.5 Å². The number of nitrogens with zero attached hydrogens (tertiary/aromatic N) is 6. The first-order valence-corrected chi connectivity index (χ1v) is 8.34. The minimum atomic E-state index is -0.586. The molecule has 3 aromatic rings. The van der Waals surface area contributed by atoms with E-state index in [1.807, 2.05) is 25.1 Å². The van der Waals surface area contributed by atoms with E-state index in [1.165, 1.54) is 15.7 Å². The van der Waals surface area contributed by atoms with Crippen LogP contribution in [-0.2, 0) is 17.4 Å². The van der Waals surface area contributed by atoms with Crippen LogP contribution in [0.1, 0.15) is 12.5 Å². The van der Waals surface area contributed by atoms with Crippen LogP contribution >= 0.6 is 11.3 Å². The summed E-state index contributed by atoms with van der Waals surface area (Å²) in [4.78, 5) is 18.2. The lowest BCUT2D eigenvalue weighted by atomic mass is 9.97. The Morgan fingerprint density at radius 2 is 2.33 bits per heavy atom. The second kappa shape index (κ2) is 5.28. The van der Waals surface area contributed by atoms with Gasteiger partial charge < -0.3 is 19.8 Å². The summed E-state index contributed by atoms with van der Waals surface area (Å²) in [5.41, 5.74) is 0.357. The first-order chi connectivity index (χ1) is 11.5. The van der Waals surface area contributed by atoms with E-state index in [0.29, 0.717) is 30.5 Å². The van der Waals surface area contributed by atoms with Crippen molar-refractivity contribution in [2.75, 3.05) is 24.6 Å². The van der Waals surface area contributed by atoms with Crippen LogP contribution in [0.3, 0.4) is 0 Å². The number of anilines is 1. The van der Waals surface area contributed by atoms with Crippen molar-refractivity contribution in [1.29, 1.82) is 0 Å². The van der Waals surface area contributed by atoms with Crippen molar-refractivity contribution in [3.05, 3.63) is 39.6 Å². The van der Waals surface area contributed by atoms with E-state index >= 15 is 0 Å². The molecule has 0 aromatic carbocycles. The summed E-state index contributed by atoms with van der Waals surface area (Å²) >= 11 is 1.38. The maximum atomic E-state index is 11.6. The lowest BCUT2D eigenvalue weighted by Gasteiger charge is -2.39. The molecule has 1 fully saturated rings. The fourth-order valence-corrected chi connectivity index (χ4v) is 3.77. The third-order valence-corrected chi connectivity index (χ3v) is 5.04. The van der Waals surface area contributed by atoms with Crippen molar-refractivity contribution in [2.24, 2.45) is 7.05 Å². The first kappa shape index (κ1) is 15.1. The molecule has 0 N–H and O–H groups in total. The zero-order chi connectivity index (χ0) is 16.9. The number of aryl methyl sites for hydroxylation is 1. The van der Waals surface area contributed by atoms with Crippen LogP contribution in [-0.4, -0.2) is 43.8 Å². The molecule has 0 bridgehead atoms. The van der Waals surface area contributed by atoms with Gasteiger partial charge in [0.25, 0.3) is 4.96 Å². The van der Waals surface area contributed by atoms with Gasteiger partial charge in [0.15, 0.2) is 0 Å². The Bertz CT molecular complexity index is 915. The van der Waals surface area contributed by atoms with Gasteiger partial charge in [0.1, 0.15) is 11.8 Å². The van der Waals surface area contributed by atoms with Crippen LogP contribution in [0.15, 0.2) is 24.0 Å². The molecule has 1 aliphatic heterocycles. The highest BCUT2D eigenvalue weighted by Crippen LogP contribution is 2.36. The van der Waals surface area contributed by atoms with Crippen molar-refractivity contribution in [1.82, 2.24) is 19.2 Å². The fraction of sp³-hybridized carbons (Fsp3) is 0.429. The highest BCUT2D eigenvalue weighted by molar-refractivity contribution is 7.15. The van der Waals surface area contributed by atoms with Crippen molar-refractivity contribution in [3.8, 4) is 0 Å². The molecule has 1 unspecified atom stereocenters. The Hall–Kier alpha value is -2.46. The van der Waals surface area contributed by atoms with Gasteiger partial charge in [0.05, 0.1) is 19.3 Å². The number of hydrogen-bond acceptors (Lipinski definition) is 7. The molecular weight excluding hydrogens is 332 g/mol. The molecular formula is C14H16N6O3S. The highest BCUT2D eigenvalue weighted by atomic mass is 32.1. The van der Waals surface area contributed by atoms with Crippen molar-refractivity contribution in [2.45, 2.75) is 12.5 Å². The zero-order valence-corrected chi connectivity index (χ0v) is 14.1. The highest BCUT2D eigenvalue weighted by Gasteiger charge is 2.39. The quantitative estimate of drug-likeness (QED) is 0.529. The van der Waals surface area contributed by atoms with Crippen molar-refractivity contribution in [3.63, 3.8) is 0 Å². The van der Waals surface area contributed by atoms with Gasteiger partial charge in [0.2, 0.25) is 5.82 Å². The van der Waals surface area contributed by atoms with Crippen LogP contribution < -0.4 is 4.90 Å². The van der Waals surface area contributed by atoms with Gasteiger partial charge in [-0.25, -0.2) is 0 Å². The summed E-state index contributed by atoms with van der Waals surface area (Å²) in [6.07, 6.45) is 5.35. The number of thiazole rings is 1. The molecule has 4 heterocycles. The molecule has 0 spiro atoms. The average molecular weight is 348 g/mol. The Morgan fingerprint density at radius 3 is 3.04 bits per heavy atom. The molecule has 3 aromatic heterocycles. The summed E-state index contributed by atoms with van der Waals surface area (Å²) in [7, 11) is 1.85. The normalized spacial score (nSPS) is 21.5. The monoisotopic (exact) mass is 348 g/mol. The van der Waals surface area contributed by atoms with Gasteiger partial charge in [-0.1, -0.05) is 11.3 Å². The predicted molar refractivity (Wildman–Crippen MR) is 88.4 cm³/mol. The van der Waals surface area contributed by atoms with E-state index in [4.69, 9.17) is 4.74 Å². The molecule has 126 valence electrons. The summed E-state index contributed by atoms with van der Waals surface area (Å²) in [5, 5.41) is 17.5. The second-order valence-electron chi connectivity index (χ2n) is 5.98. The number of hydrogen-bond donors (Lipinski definition) is 0. The van der Waals surface area contributed by atoms with E-state index in [1.54, 1.807) is 22.5 Å². The van der Waals surface area contributed by atoms with Crippen LogP contribution in [0, 0.1) is 10.1 Å². The fourth-order valence-electron chi connectivity index (χ4n) is 3.06. The predicted octanol–water partition coefficient (Wildman–Crippen LogP) is 1.79. The molecule has 0 radical (unpaired) electrons. The van der Waals surface area contributed by atoms with Gasteiger partial charge in [-0.3, -0.25) is 4.68 Å². The summed E-state index contributed by atoms with van der Waals surface area (Å²) in [5.74, 6) is 0.395. The number of aromatic nitrogens is 4. The molecule has 10 heteroatoms. The first-order valence-electron chi connectivity index (χ1n) is 7.46. The molecule has 0 aliphatic carbocycles. The SMILES string of the molecule is Cn1cc(C2(C)CN(c3nc4sccn4c3[N+](=O)[O-])CCO2)cn1. The summed E-state index contributed by atoms with van der Waals surface area (Å²) < 4.78 is 9.22. The maximum absolute atomic E-state index is 11.6. The van der Waals surface area contributed by atoms with E-state index < -0.39 is 5.60 Å². The van der Waals surface area contributed by atoms with Crippen molar-refractivity contribution < 1.29 is 9.66 Å². The number of nitro groups is 1. The minimum Gasteiger partial charge on any atom is -0.367 e. The molecule has 1 saturated heterocycles. The lowest BCUT2D eigenvalue weighted by molar-refractivity contribution is -0.389. The number of fused-ring (bicyclic) bond motifs is 1. The Kier molecular flexibility index (Phi) is 3.32. The lowest BCUT2D eigenvalue weighted by Crippen LogP contribution is -2.48. The smallest absolute Gasteiger partial charge is 0.367 e. The molecule has 24 heavy (non-hydrogen) atoms. The van der Waals surface area contributed by atoms with Crippen LogP contribution in [0.5, 0.6) is 0 Å². The van der Waals surface area contributed by atoms with E-state index in [-0.39, 0.29) is 10.7 Å². The summed E-state index contributed by atoms with van der Waals surface area (Å²) in [6.45, 7) is 3.47. The van der Waals surface area contributed by atoms with E-state index in [9.17, 15) is 10.1 Å². The molecule has 1 aliphatic rings. The zero-order valence-electron chi connectivity index (χ0n) is 13.2. The Labute approximate surface area is 141 Å². The van der Waals surface area contributed by atoms with Crippen LogP contribution in [0.25, 0.3) is 4.96 Å². The van der Waals surface area contributed by atoms with Crippen molar-refractivity contribution >= 4 is 27.9 Å². The van der Waals surface area contributed by atoms with Gasteiger partial charge in [-0.05, 0) is 11.8 Å². The van der Waals surface area contributed by atoms with Gasteiger partial charge in [-0.15, -0.1) is 0 Å². The third-order valence-electron chi connectivity index (χ3n) is 4.28. The Morgan fingerprint density at radius 1 is 1.50 bits per heavy atom. The summed E-state index contributed by atoms with van der Waals surface area (Å²) in [6, 6.07) is 0. The molecule has 0 saturated carbocycles. The van der Waals surface area contributed by atoms with E-state index in [2.05, 4.69) is 10.1 Å². The standard InChI is InChI=1S/C14H16N6O3S/c1-14(10-7-15-17(2)8-10)9-18(3-5-23-14)11-12(20(21)22)19-4-6-24-13(19)16-11/h4,6-8H,3,5,9H2,1-2H3. The molecule has 1 atom stereocenters. The van der Waals surface area contributed by atoms with Crippen LogP contribution in [0.4, 0.5) is 11.6 Å². The third kappa shape index (κ3) is 2.26. The average Bonchev–Trinajstić information content (AvgIpc) is 3.21. The number of rotatable bonds is 3. The largest absolute Gasteiger partial charge is 0.373 e. The minimum absolute atomic E-state index is 0.00156. The number of ether oxygens (including phenoxy) is 1. The van der Waals surface area contributed by atoms with Gasteiger partial charge >= 0.3 is 5.82 Å². The topological polar surface area (TPSA) is 90.7 Å². The molecule has 9 nitrogen and oxygen atoms in total. The maximum Gasteiger partial charge on any atom is 0.373 e. The number of imidazole rings is 1. The van der Waals surface area contributed by atoms with Gasteiger partial charge in [0, 0.05) is 30.7 Å². The van der Waals surface area contributed by atoms with Crippen LogP contribution in [0.2, 0.25) is 0 Å². The molecule has 0 amide bonds. The Balaban J connectivity index is 1.73. The number of morpholine rings is 1. The molecule has 4 rings (SSSR count). The second-order valence-corrected chi connectivity index (χ2v) is 6.85. The van der Waals surface area contributed by atoms with E-state index in [0.717, 1.165) is 5.56 Å².